The quantitative estimate of drug-likeness (QED) is 0.363. The molecule has 0 atom stereocenters. The lowest BCUT2D eigenvalue weighted by molar-refractivity contribution is 0.272. The molecule has 166 valence electrons. The maximum atomic E-state index is 9.20. The number of nitrogens with one attached hydrogen (secondary N) is 1. The molecule has 1 saturated carbocycles. The molecule has 4 N–H and O–H groups in total. The smallest absolute Gasteiger partial charge is 0.259 e. The molecule has 0 unspecified atom stereocenters. The monoisotopic (exact) mass is 442 g/mol. The molecule has 4 heterocycles. The predicted octanol–water partition coefficient (Wildman–Crippen LogP) is 3.52. The highest BCUT2D eigenvalue weighted by Crippen LogP contribution is 2.48. The van der Waals surface area contributed by atoms with E-state index in [0.29, 0.717) is 23.1 Å². The number of nitrogens with zero attached hydrogens (tertiary/aromatic N) is 6. The summed E-state index contributed by atoms with van der Waals surface area (Å²) in [5.41, 5.74) is 8.58. The van der Waals surface area contributed by atoms with Crippen molar-refractivity contribution in [3.63, 3.8) is 0 Å². The van der Waals surface area contributed by atoms with Gasteiger partial charge in [0.05, 0.1) is 23.2 Å². The number of hydrogen-bond acceptors (Lipinski definition) is 10. The van der Waals surface area contributed by atoms with Gasteiger partial charge in [-0.3, -0.25) is 4.98 Å². The molecule has 0 saturated heterocycles. The topological polar surface area (TPSA) is 149 Å². The molecule has 1 aliphatic rings. The fourth-order valence-electron chi connectivity index (χ4n) is 3.84. The van der Waals surface area contributed by atoms with Crippen molar-refractivity contribution < 1.29 is 9.63 Å². The van der Waals surface area contributed by atoms with Crippen molar-refractivity contribution in [2.24, 2.45) is 0 Å². The van der Waals surface area contributed by atoms with E-state index in [0.717, 1.165) is 36.1 Å². The Labute approximate surface area is 189 Å². The van der Waals surface area contributed by atoms with E-state index in [1.807, 2.05) is 24.4 Å². The van der Waals surface area contributed by atoms with Crippen LogP contribution in [0.2, 0.25) is 0 Å². The molecule has 0 amide bonds. The first-order chi connectivity index (χ1) is 16.0. The fourth-order valence-corrected chi connectivity index (χ4v) is 3.84. The zero-order valence-electron chi connectivity index (χ0n) is 17.8. The molecule has 0 aromatic carbocycles. The molecule has 1 aliphatic carbocycles. The van der Waals surface area contributed by atoms with Gasteiger partial charge in [-0.2, -0.15) is 4.98 Å². The van der Waals surface area contributed by atoms with Crippen LogP contribution in [0.15, 0.2) is 65.9 Å². The van der Waals surface area contributed by atoms with Gasteiger partial charge in [0.25, 0.3) is 5.89 Å². The molecule has 10 nitrogen and oxygen atoms in total. The minimum absolute atomic E-state index is 0.0394. The molecule has 10 heteroatoms. The predicted molar refractivity (Wildman–Crippen MR) is 122 cm³/mol. The second-order valence-corrected chi connectivity index (χ2v) is 7.97. The molecule has 0 spiro atoms. The van der Waals surface area contributed by atoms with Crippen molar-refractivity contribution in [2.75, 3.05) is 17.6 Å². The van der Waals surface area contributed by atoms with E-state index in [2.05, 4.69) is 37.0 Å². The number of pyridine rings is 2. The summed E-state index contributed by atoms with van der Waals surface area (Å²) in [6, 6.07) is 7.61. The van der Waals surface area contributed by atoms with Crippen molar-refractivity contribution in [2.45, 2.75) is 24.7 Å². The van der Waals surface area contributed by atoms with E-state index >= 15 is 0 Å². The molecule has 4 aromatic heterocycles. The second kappa shape index (κ2) is 8.30. The molecule has 0 aliphatic heterocycles. The molecule has 33 heavy (non-hydrogen) atoms. The molecular weight excluding hydrogens is 420 g/mol. The third-order valence-electron chi connectivity index (χ3n) is 5.83. The summed E-state index contributed by atoms with van der Waals surface area (Å²) in [6.07, 6.45) is 9.74. The van der Waals surface area contributed by atoms with Crippen molar-refractivity contribution in [3.8, 4) is 22.7 Å². The van der Waals surface area contributed by atoms with Gasteiger partial charge in [0.2, 0.25) is 5.95 Å². The number of aliphatic hydroxyl groups excluding tert-OH is 1. The Bertz CT molecular complexity index is 1260. The Hall–Kier alpha value is -4.34. The zero-order valence-corrected chi connectivity index (χ0v) is 17.8. The third-order valence-corrected chi connectivity index (χ3v) is 5.83. The Morgan fingerprint density at radius 2 is 1.82 bits per heavy atom. The molecule has 1 fully saturated rings. The van der Waals surface area contributed by atoms with Crippen LogP contribution in [0.4, 0.5) is 11.8 Å². The zero-order chi connectivity index (χ0) is 22.8. The number of nitrogen functional groups attached to an aromatic ring is 1. The van der Waals surface area contributed by atoms with Crippen LogP contribution in [0.5, 0.6) is 0 Å². The van der Waals surface area contributed by atoms with Gasteiger partial charge in [0, 0.05) is 30.4 Å². The summed E-state index contributed by atoms with van der Waals surface area (Å²) < 4.78 is 5.57. The van der Waals surface area contributed by atoms with Crippen molar-refractivity contribution in [1.82, 2.24) is 30.1 Å². The van der Waals surface area contributed by atoms with Gasteiger partial charge < -0.3 is 20.7 Å². The number of anilines is 2. The minimum atomic E-state index is -0.318. The van der Waals surface area contributed by atoms with E-state index in [4.69, 9.17) is 15.2 Å². The van der Waals surface area contributed by atoms with Gasteiger partial charge in [0.15, 0.2) is 5.82 Å². The molecule has 0 radical (unpaired) electrons. The Morgan fingerprint density at radius 3 is 2.42 bits per heavy atom. The summed E-state index contributed by atoms with van der Waals surface area (Å²) in [4.78, 5) is 21.7. The summed E-state index contributed by atoms with van der Waals surface area (Å²) in [5.74, 6) is 1.94. The molecule has 5 rings (SSSR count). The van der Waals surface area contributed by atoms with Gasteiger partial charge in [-0.25, -0.2) is 15.0 Å². The van der Waals surface area contributed by atoms with Crippen LogP contribution in [0.3, 0.4) is 0 Å². The van der Waals surface area contributed by atoms with Crippen LogP contribution in [0, 0.1) is 0 Å². The maximum absolute atomic E-state index is 9.20. The van der Waals surface area contributed by atoms with Crippen LogP contribution in [-0.2, 0) is 5.41 Å². The van der Waals surface area contributed by atoms with Gasteiger partial charge in [-0.1, -0.05) is 24.2 Å². The van der Waals surface area contributed by atoms with Crippen LogP contribution in [0.25, 0.3) is 22.7 Å². The van der Waals surface area contributed by atoms with Crippen LogP contribution in [-0.4, -0.2) is 41.7 Å². The summed E-state index contributed by atoms with van der Waals surface area (Å²) in [6.45, 7) is 3.67. The standard InChI is InChI=1S/C23H22N8O2/c1-14(32)9-26-19-6-3-15(10-27-19)20-30-21(31-33-20)23(7-2-8-23)17-4-5-18(25-13-17)16-11-28-22(24)29-12-16/h3-6,10-13,32H,1-2,7-9H2,(H,26,27)(H2,24,28,29). The molecular formula is C23H22N8O2. The van der Waals surface area contributed by atoms with Crippen LogP contribution >= 0.6 is 0 Å². The first-order valence-electron chi connectivity index (χ1n) is 10.5. The van der Waals surface area contributed by atoms with Gasteiger partial charge >= 0.3 is 0 Å². The van der Waals surface area contributed by atoms with E-state index in [1.54, 1.807) is 24.7 Å². The SMILES string of the molecule is C=C(O)CNc1ccc(-c2nc(C3(c4ccc(-c5cnc(N)nc5)nc4)CCC3)no2)cn1. The maximum Gasteiger partial charge on any atom is 0.259 e. The average Bonchev–Trinajstić information content (AvgIpc) is 3.29. The highest BCUT2D eigenvalue weighted by molar-refractivity contribution is 5.58. The highest BCUT2D eigenvalue weighted by atomic mass is 16.5. The summed E-state index contributed by atoms with van der Waals surface area (Å²) in [7, 11) is 0. The van der Waals surface area contributed by atoms with Crippen LogP contribution in [0.1, 0.15) is 30.7 Å². The van der Waals surface area contributed by atoms with E-state index in [-0.39, 0.29) is 23.7 Å². The highest BCUT2D eigenvalue weighted by Gasteiger charge is 2.44. The summed E-state index contributed by atoms with van der Waals surface area (Å²) >= 11 is 0. The Morgan fingerprint density at radius 1 is 1.03 bits per heavy atom. The molecule has 4 aromatic rings. The van der Waals surface area contributed by atoms with Gasteiger partial charge in [0.1, 0.15) is 11.6 Å². The third kappa shape index (κ3) is 3.98. The molecule has 0 bridgehead atoms. The minimum Gasteiger partial charge on any atom is -0.511 e. The number of nitrogens with two attached hydrogens (primary N) is 1. The van der Waals surface area contributed by atoms with Crippen molar-refractivity contribution in [3.05, 3.63) is 72.8 Å². The Balaban J connectivity index is 1.37. The van der Waals surface area contributed by atoms with Gasteiger partial charge in [-0.15, -0.1) is 0 Å². The van der Waals surface area contributed by atoms with Crippen LogP contribution < -0.4 is 11.1 Å². The van der Waals surface area contributed by atoms with E-state index in [1.165, 1.54) is 0 Å². The number of aliphatic hydroxyl groups is 1. The van der Waals surface area contributed by atoms with E-state index in [9.17, 15) is 5.11 Å². The first-order valence-corrected chi connectivity index (χ1v) is 10.5. The Kier molecular flexibility index (Phi) is 5.17. The number of aromatic nitrogens is 6. The normalized spacial score (nSPS) is 14.4. The van der Waals surface area contributed by atoms with Gasteiger partial charge in [-0.05, 0) is 36.6 Å². The largest absolute Gasteiger partial charge is 0.511 e. The lowest BCUT2D eigenvalue weighted by atomic mass is 9.64. The van der Waals surface area contributed by atoms with E-state index < -0.39 is 0 Å². The number of hydrogen-bond donors (Lipinski definition) is 3. The van der Waals surface area contributed by atoms with Crippen molar-refractivity contribution >= 4 is 11.8 Å². The average molecular weight is 442 g/mol. The first kappa shape index (κ1) is 20.6. The second-order valence-electron chi connectivity index (χ2n) is 7.97. The summed E-state index contributed by atoms with van der Waals surface area (Å²) in [5, 5.41) is 16.5. The van der Waals surface area contributed by atoms with Crippen molar-refractivity contribution in [1.29, 1.82) is 0 Å². The fraction of sp³-hybridized carbons (Fsp3) is 0.217. The number of rotatable bonds is 7. The lowest BCUT2D eigenvalue weighted by Crippen LogP contribution is -2.36. The lowest BCUT2D eigenvalue weighted by Gasteiger charge is -2.39.